The second kappa shape index (κ2) is 9.36. The maximum absolute atomic E-state index is 12.9. The van der Waals surface area contributed by atoms with E-state index >= 15 is 0 Å². The fourth-order valence-electron chi connectivity index (χ4n) is 3.38. The third-order valence-electron chi connectivity index (χ3n) is 5.02. The summed E-state index contributed by atoms with van der Waals surface area (Å²) >= 11 is 0. The minimum absolute atomic E-state index is 0.0401. The highest BCUT2D eigenvalue weighted by molar-refractivity contribution is 6.02. The molecule has 0 aliphatic heterocycles. The van der Waals surface area contributed by atoms with Crippen LogP contribution in [0.15, 0.2) is 42.5 Å². The average molecular weight is 367 g/mol. The van der Waals surface area contributed by atoms with Crippen LogP contribution in [0.1, 0.15) is 54.0 Å². The van der Waals surface area contributed by atoms with Gasteiger partial charge in [-0.25, -0.2) is 0 Å². The van der Waals surface area contributed by atoms with E-state index in [4.69, 9.17) is 0 Å². The van der Waals surface area contributed by atoms with Crippen LogP contribution in [0.5, 0.6) is 0 Å². The van der Waals surface area contributed by atoms with Gasteiger partial charge in [-0.1, -0.05) is 24.3 Å². The lowest BCUT2D eigenvalue weighted by molar-refractivity contribution is 0.0765. The third-order valence-corrected chi connectivity index (χ3v) is 5.02. The Morgan fingerprint density at radius 2 is 1.30 bits per heavy atom. The number of rotatable bonds is 7. The number of benzene rings is 2. The maximum atomic E-state index is 12.9. The van der Waals surface area contributed by atoms with Crippen LogP contribution in [0.25, 0.3) is 11.1 Å². The first kappa shape index (κ1) is 20.7. The van der Waals surface area contributed by atoms with Crippen molar-refractivity contribution in [3.8, 4) is 11.1 Å². The maximum Gasteiger partial charge on any atom is 0.254 e. The summed E-state index contributed by atoms with van der Waals surface area (Å²) < 4.78 is 0. The molecule has 4 heteroatoms. The molecule has 0 N–H and O–H groups in total. The van der Waals surface area contributed by atoms with E-state index in [1.54, 1.807) is 0 Å². The molecule has 2 amide bonds. The minimum atomic E-state index is 0.0401. The molecule has 0 fully saturated rings. The average Bonchev–Trinajstić information content (AvgIpc) is 2.69. The van der Waals surface area contributed by atoms with Crippen LogP contribution in [-0.4, -0.2) is 47.8 Å². The summed E-state index contributed by atoms with van der Waals surface area (Å²) in [5, 5.41) is 0. The van der Waals surface area contributed by atoms with Crippen LogP contribution in [0.3, 0.4) is 0 Å². The first-order valence-electron chi connectivity index (χ1n) is 9.76. The molecule has 0 heterocycles. The van der Waals surface area contributed by atoms with Crippen molar-refractivity contribution in [3.63, 3.8) is 0 Å². The van der Waals surface area contributed by atoms with Crippen LogP contribution in [0.4, 0.5) is 0 Å². The van der Waals surface area contributed by atoms with Gasteiger partial charge in [0.25, 0.3) is 11.8 Å². The molecule has 0 saturated heterocycles. The topological polar surface area (TPSA) is 40.6 Å². The number of nitrogens with zero attached hydrogens (tertiary/aromatic N) is 2. The van der Waals surface area contributed by atoms with Crippen molar-refractivity contribution in [2.75, 3.05) is 26.2 Å². The van der Waals surface area contributed by atoms with Crippen molar-refractivity contribution in [1.29, 1.82) is 0 Å². The fourth-order valence-corrected chi connectivity index (χ4v) is 3.38. The summed E-state index contributed by atoms with van der Waals surface area (Å²) in [5.41, 5.74) is 4.28. The molecule has 0 unspecified atom stereocenters. The Kier molecular flexibility index (Phi) is 7.17. The molecule has 2 aromatic rings. The fraction of sp³-hybridized carbons (Fsp3) is 0.391. The second-order valence-electron chi connectivity index (χ2n) is 6.53. The van der Waals surface area contributed by atoms with Gasteiger partial charge in [0.2, 0.25) is 0 Å². The Bertz CT molecular complexity index is 806. The second-order valence-corrected chi connectivity index (χ2v) is 6.53. The predicted molar refractivity (Wildman–Crippen MR) is 111 cm³/mol. The number of carbonyl (C=O) groups excluding carboxylic acids is 2. The highest BCUT2D eigenvalue weighted by Gasteiger charge is 2.19. The zero-order valence-electron chi connectivity index (χ0n) is 17.1. The number of hydrogen-bond acceptors (Lipinski definition) is 2. The third kappa shape index (κ3) is 4.38. The lowest BCUT2D eigenvalue weighted by Gasteiger charge is -2.22. The molecule has 0 aliphatic carbocycles. The van der Waals surface area contributed by atoms with E-state index in [1.807, 2.05) is 86.9 Å². The lowest BCUT2D eigenvalue weighted by Crippen LogP contribution is -2.31. The van der Waals surface area contributed by atoms with Crippen LogP contribution >= 0.6 is 0 Å². The molecule has 0 atom stereocenters. The van der Waals surface area contributed by atoms with Gasteiger partial charge in [-0.05, 0) is 69.5 Å². The zero-order valence-corrected chi connectivity index (χ0v) is 17.1. The molecular weight excluding hydrogens is 336 g/mol. The van der Waals surface area contributed by atoms with Crippen LogP contribution in [-0.2, 0) is 0 Å². The standard InChI is InChI=1S/C23H30N2O2/c1-6-24(7-2)22(26)18-14-15-19(17(5)16-18)20-12-10-11-13-21(20)23(27)25(8-3)9-4/h10-16H,6-9H2,1-5H3. The van der Waals surface area contributed by atoms with Gasteiger partial charge in [0.15, 0.2) is 0 Å². The Hall–Kier alpha value is -2.62. The number of carbonyl (C=O) groups is 2. The molecule has 4 nitrogen and oxygen atoms in total. The van der Waals surface area contributed by atoms with E-state index in [-0.39, 0.29) is 11.8 Å². The number of hydrogen-bond donors (Lipinski definition) is 0. The van der Waals surface area contributed by atoms with Gasteiger partial charge in [0, 0.05) is 37.3 Å². The summed E-state index contributed by atoms with van der Waals surface area (Å²) in [6, 6.07) is 13.4. The molecule has 27 heavy (non-hydrogen) atoms. The van der Waals surface area contributed by atoms with Crippen LogP contribution in [0, 0.1) is 6.92 Å². The lowest BCUT2D eigenvalue weighted by atomic mass is 9.93. The van der Waals surface area contributed by atoms with Gasteiger partial charge in [-0.2, -0.15) is 0 Å². The van der Waals surface area contributed by atoms with Crippen molar-refractivity contribution < 1.29 is 9.59 Å². The molecule has 2 aromatic carbocycles. The molecule has 0 aliphatic rings. The van der Waals surface area contributed by atoms with E-state index in [2.05, 4.69) is 0 Å². The Morgan fingerprint density at radius 1 is 0.741 bits per heavy atom. The van der Waals surface area contributed by atoms with Crippen molar-refractivity contribution in [2.24, 2.45) is 0 Å². The highest BCUT2D eigenvalue weighted by Crippen LogP contribution is 2.29. The summed E-state index contributed by atoms with van der Waals surface area (Å²) in [6.45, 7) is 12.7. The highest BCUT2D eigenvalue weighted by atomic mass is 16.2. The monoisotopic (exact) mass is 366 g/mol. The summed E-state index contributed by atoms with van der Waals surface area (Å²) in [5.74, 6) is 0.0837. The van der Waals surface area contributed by atoms with Gasteiger partial charge in [0.1, 0.15) is 0 Å². The largest absolute Gasteiger partial charge is 0.339 e. The summed E-state index contributed by atoms with van der Waals surface area (Å²) in [7, 11) is 0. The molecular formula is C23H30N2O2. The van der Waals surface area contributed by atoms with E-state index in [9.17, 15) is 9.59 Å². The Labute approximate surface area is 162 Å². The molecule has 0 saturated carbocycles. The normalized spacial score (nSPS) is 10.6. The van der Waals surface area contributed by atoms with Gasteiger partial charge in [-0.3, -0.25) is 9.59 Å². The van der Waals surface area contributed by atoms with E-state index in [1.165, 1.54) is 0 Å². The van der Waals surface area contributed by atoms with Crippen molar-refractivity contribution in [2.45, 2.75) is 34.6 Å². The first-order chi connectivity index (χ1) is 13.0. The minimum Gasteiger partial charge on any atom is -0.339 e. The van der Waals surface area contributed by atoms with Gasteiger partial charge >= 0.3 is 0 Å². The van der Waals surface area contributed by atoms with Gasteiger partial charge in [0.05, 0.1) is 0 Å². The molecule has 0 radical (unpaired) electrons. The number of aryl methyl sites for hydroxylation is 1. The molecule has 2 rings (SSSR count). The smallest absolute Gasteiger partial charge is 0.254 e. The van der Waals surface area contributed by atoms with Crippen molar-refractivity contribution >= 4 is 11.8 Å². The van der Waals surface area contributed by atoms with Gasteiger partial charge < -0.3 is 9.80 Å². The molecule has 144 valence electrons. The quantitative estimate of drug-likeness (QED) is 0.717. The molecule has 0 bridgehead atoms. The molecule has 0 aromatic heterocycles. The van der Waals surface area contributed by atoms with E-state index in [0.29, 0.717) is 37.3 Å². The zero-order chi connectivity index (χ0) is 20.0. The number of amides is 2. The van der Waals surface area contributed by atoms with E-state index < -0.39 is 0 Å². The van der Waals surface area contributed by atoms with Gasteiger partial charge in [-0.15, -0.1) is 0 Å². The van der Waals surface area contributed by atoms with Crippen molar-refractivity contribution in [1.82, 2.24) is 9.80 Å². The SMILES string of the molecule is CCN(CC)C(=O)c1ccc(-c2ccccc2C(=O)N(CC)CC)c(C)c1. The van der Waals surface area contributed by atoms with E-state index in [0.717, 1.165) is 16.7 Å². The van der Waals surface area contributed by atoms with Crippen LogP contribution in [0.2, 0.25) is 0 Å². The summed E-state index contributed by atoms with van der Waals surface area (Å²) in [4.78, 5) is 29.2. The molecule has 0 spiro atoms. The predicted octanol–water partition coefficient (Wildman–Crippen LogP) is 4.63. The van der Waals surface area contributed by atoms with Crippen LogP contribution < -0.4 is 0 Å². The first-order valence-corrected chi connectivity index (χ1v) is 9.76. The Balaban J connectivity index is 2.46. The van der Waals surface area contributed by atoms with Crippen molar-refractivity contribution in [3.05, 3.63) is 59.2 Å². The summed E-state index contributed by atoms with van der Waals surface area (Å²) in [6.07, 6.45) is 0. The Morgan fingerprint density at radius 3 is 1.85 bits per heavy atom.